The van der Waals surface area contributed by atoms with Gasteiger partial charge >= 0.3 is 14.0 Å². The molecule has 2 N–H and O–H groups in total. The normalized spacial score (nSPS) is 36.5. The topological polar surface area (TPSA) is 94.5 Å². The Hall–Kier alpha value is -1.13. The summed E-state index contributed by atoms with van der Waals surface area (Å²) in [6.45, 7) is -1.58. The van der Waals surface area contributed by atoms with E-state index in [-0.39, 0.29) is 28.2 Å². The Morgan fingerprint density at radius 1 is 1.19 bits per heavy atom. The second kappa shape index (κ2) is 6.93. The molecule has 7 nitrogen and oxygen atoms in total. The average Bonchev–Trinajstić information content (AvgIpc) is 2.61. The Kier molecular flexibility index (Phi) is 4.85. The van der Waals surface area contributed by atoms with Gasteiger partial charge in [-0.25, -0.2) is 9.45 Å². The summed E-state index contributed by atoms with van der Waals surface area (Å²) in [4.78, 5) is 29.4. The molecule has 0 aromatic heterocycles. The van der Waals surface area contributed by atoms with Crippen molar-refractivity contribution in [2.45, 2.75) is 43.2 Å². The summed E-state index contributed by atoms with van der Waals surface area (Å²) in [6, 6.07) is 3.82. The van der Waals surface area contributed by atoms with Gasteiger partial charge in [0.05, 0.1) is 5.02 Å². The summed E-state index contributed by atoms with van der Waals surface area (Å²) < 4.78 is 60.9. The molecule has 4 aliphatic carbocycles. The van der Waals surface area contributed by atoms with Crippen LogP contribution in [0, 0.1) is 17.8 Å². The van der Waals surface area contributed by atoms with Crippen molar-refractivity contribution in [1.29, 1.82) is 0 Å². The quantitative estimate of drug-likeness (QED) is 0.359. The van der Waals surface area contributed by atoms with Gasteiger partial charge in [-0.15, -0.1) is 0 Å². The zero-order valence-corrected chi connectivity index (χ0v) is 17.6. The minimum Gasteiger partial charge on any atom is -0.403 e. The maximum absolute atomic E-state index is 13.2. The maximum atomic E-state index is 13.2. The summed E-state index contributed by atoms with van der Waals surface area (Å²) in [5.41, 5.74) is 0.210. The predicted molar refractivity (Wildman–Crippen MR) is 99.7 cm³/mol. The van der Waals surface area contributed by atoms with Crippen molar-refractivity contribution in [3.63, 3.8) is 0 Å². The number of alkyl halides is 3. The first-order valence-corrected chi connectivity index (χ1v) is 11.6. The van der Waals surface area contributed by atoms with Crippen LogP contribution in [0.5, 0.6) is 5.75 Å². The second-order valence-electron chi connectivity index (χ2n) is 8.57. The molecule has 31 heavy (non-hydrogen) atoms. The summed E-state index contributed by atoms with van der Waals surface area (Å²) in [5.74, 6) is -2.19. The zero-order valence-electron chi connectivity index (χ0n) is 16.0. The van der Waals surface area contributed by atoms with E-state index in [1.165, 1.54) is 17.7 Å². The lowest BCUT2D eigenvalue weighted by Gasteiger charge is -2.67. The molecule has 3 unspecified atom stereocenters. The van der Waals surface area contributed by atoms with Crippen LogP contribution in [0.25, 0.3) is 0 Å². The van der Waals surface area contributed by atoms with Crippen molar-refractivity contribution in [3.05, 3.63) is 40.4 Å². The number of phosphoric ester groups is 1. The van der Waals surface area contributed by atoms with Crippen LogP contribution in [0.15, 0.2) is 29.8 Å². The van der Waals surface area contributed by atoms with E-state index in [0.29, 0.717) is 18.8 Å². The van der Waals surface area contributed by atoms with Gasteiger partial charge in [0.2, 0.25) is 0 Å². The van der Waals surface area contributed by atoms with Crippen molar-refractivity contribution in [2.24, 2.45) is 17.8 Å². The largest absolute Gasteiger partial charge is 0.524 e. The van der Waals surface area contributed by atoms with E-state index in [1.54, 1.807) is 0 Å². The molecule has 1 aromatic rings. The van der Waals surface area contributed by atoms with E-state index in [1.807, 2.05) is 0 Å². The highest BCUT2D eigenvalue weighted by Crippen LogP contribution is 2.68. The summed E-state index contributed by atoms with van der Waals surface area (Å²) in [7, 11) is -4.97. The Bertz CT molecular complexity index is 975. The highest BCUT2D eigenvalue weighted by molar-refractivity contribution is 7.46. The molecule has 4 bridgehead atoms. The first kappa shape index (κ1) is 21.7. The third kappa shape index (κ3) is 3.44. The van der Waals surface area contributed by atoms with Gasteiger partial charge in [0, 0.05) is 17.4 Å². The van der Waals surface area contributed by atoms with Gasteiger partial charge < -0.3 is 9.26 Å². The number of halogens is 4. The van der Waals surface area contributed by atoms with E-state index in [0.717, 1.165) is 18.9 Å². The van der Waals surface area contributed by atoms with Crippen molar-refractivity contribution in [1.82, 2.24) is 0 Å². The highest BCUT2D eigenvalue weighted by atomic mass is 35.5. The van der Waals surface area contributed by atoms with Crippen LogP contribution in [0.3, 0.4) is 0 Å². The summed E-state index contributed by atoms with van der Waals surface area (Å²) in [6.07, 6.45) is 0.435. The lowest BCUT2D eigenvalue weighted by atomic mass is 9.50. The number of benzene rings is 1. The van der Waals surface area contributed by atoms with E-state index < -0.39 is 32.0 Å². The third-order valence-corrected chi connectivity index (χ3v) is 7.40. The summed E-state index contributed by atoms with van der Waals surface area (Å²) in [5, 5.41) is -0.123. The molecule has 0 amide bonds. The number of phosphoric acid groups is 1. The average molecular weight is 483 g/mol. The fourth-order valence-corrected chi connectivity index (χ4v) is 6.39. The molecule has 0 radical (unpaired) electrons. The first-order valence-electron chi connectivity index (χ1n) is 9.74. The molecule has 1 aromatic carbocycles. The van der Waals surface area contributed by atoms with Crippen LogP contribution in [0.4, 0.5) is 13.2 Å². The van der Waals surface area contributed by atoms with Crippen molar-refractivity contribution in [3.8, 4) is 5.75 Å². The molecular weight excluding hydrogens is 464 g/mol. The van der Waals surface area contributed by atoms with Gasteiger partial charge in [-0.2, -0.15) is 18.1 Å². The van der Waals surface area contributed by atoms with Crippen LogP contribution < -0.4 is 4.52 Å². The minimum atomic E-state index is -4.97. The smallest absolute Gasteiger partial charge is 0.403 e. The second-order valence-corrected chi connectivity index (χ2v) is 10.1. The van der Waals surface area contributed by atoms with Gasteiger partial charge in [-0.1, -0.05) is 29.3 Å². The number of allylic oxidation sites excluding steroid dienone is 2. The van der Waals surface area contributed by atoms with E-state index in [2.05, 4.69) is 10.6 Å². The van der Waals surface area contributed by atoms with Crippen LogP contribution in [0.1, 0.15) is 31.2 Å². The molecule has 12 heteroatoms. The number of ether oxygens (including phenoxy) is 1. The molecular formula is C19H19ClF3O7P. The maximum Gasteiger partial charge on any atom is 0.524 e. The van der Waals surface area contributed by atoms with Crippen molar-refractivity contribution < 1.29 is 46.6 Å². The molecule has 3 fully saturated rings. The fourth-order valence-electron chi connectivity index (χ4n) is 5.77. The van der Waals surface area contributed by atoms with Gasteiger partial charge in [-0.3, -0.25) is 9.79 Å². The predicted octanol–water partition coefficient (Wildman–Crippen LogP) is 4.62. The van der Waals surface area contributed by atoms with E-state index in [4.69, 9.17) is 35.9 Å². The van der Waals surface area contributed by atoms with Crippen LogP contribution in [0.2, 0.25) is 5.02 Å². The van der Waals surface area contributed by atoms with Gasteiger partial charge in [-0.05, 0) is 43.7 Å². The molecule has 1 aliphatic heterocycles. The molecule has 1 spiro atoms. The van der Waals surface area contributed by atoms with Crippen LogP contribution in [-0.2, 0) is 24.9 Å². The number of rotatable bonds is 5. The van der Waals surface area contributed by atoms with Gasteiger partial charge in [0.1, 0.15) is 6.61 Å². The van der Waals surface area contributed by atoms with Gasteiger partial charge in [0.15, 0.2) is 11.4 Å². The standard InChI is InChI=1S/C19H19ClF3O7P/c20-15-2-1-12(8-16(15)28-31(24,25)26)19(27-9-17(21,22)23)18(29-30-19)13-4-10-3-11(6-13)7-14(18)5-10/h1-3,8,10,13-14H,4-7,9H2,(H2,24,25,26). The first-order chi connectivity index (χ1) is 14.4. The summed E-state index contributed by atoms with van der Waals surface area (Å²) >= 11 is 5.99. The number of hydrogen-bond acceptors (Lipinski definition) is 5. The van der Waals surface area contributed by atoms with Crippen molar-refractivity contribution in [2.75, 3.05) is 6.61 Å². The molecule has 170 valence electrons. The highest BCUT2D eigenvalue weighted by Gasteiger charge is 2.76. The molecule has 3 atom stereocenters. The Morgan fingerprint density at radius 2 is 1.87 bits per heavy atom. The molecule has 1 saturated heterocycles. The monoisotopic (exact) mass is 482 g/mol. The lowest BCUT2D eigenvalue weighted by molar-refractivity contribution is -0.647. The zero-order chi connectivity index (χ0) is 22.2. The van der Waals surface area contributed by atoms with E-state index >= 15 is 0 Å². The van der Waals surface area contributed by atoms with Crippen LogP contribution >= 0.6 is 19.4 Å². The lowest BCUT2D eigenvalue weighted by Crippen LogP contribution is -2.76. The minimum absolute atomic E-state index is 0.0947. The Balaban J connectivity index is 1.60. The van der Waals surface area contributed by atoms with Crippen molar-refractivity contribution >= 4 is 19.4 Å². The van der Waals surface area contributed by atoms with Crippen LogP contribution in [-0.4, -0.2) is 28.2 Å². The third-order valence-electron chi connectivity index (χ3n) is 6.66. The molecule has 1 heterocycles. The van der Waals surface area contributed by atoms with Gasteiger partial charge in [0.25, 0.3) is 5.79 Å². The van der Waals surface area contributed by atoms with E-state index in [9.17, 15) is 17.7 Å². The Morgan fingerprint density at radius 3 is 2.39 bits per heavy atom. The molecule has 2 saturated carbocycles. The SMILES string of the molecule is O=P(O)(O)Oc1cc(C2(OCC(F)(F)F)OOC23C2CC4=CC(C2)CC3C4)ccc1Cl. The number of hydrogen-bond donors (Lipinski definition) is 2. The fraction of sp³-hybridized carbons (Fsp3) is 0.579. The Labute approximate surface area is 180 Å². The molecule has 6 rings (SSSR count). The molecule has 5 aliphatic rings.